The maximum atomic E-state index is 13.3. The number of aliphatic hydroxyl groups is 1. The van der Waals surface area contributed by atoms with Crippen molar-refractivity contribution in [3.05, 3.63) is 105 Å². The van der Waals surface area contributed by atoms with Crippen molar-refractivity contribution in [2.24, 2.45) is 0 Å². The Morgan fingerprint density at radius 1 is 1.00 bits per heavy atom. The van der Waals surface area contributed by atoms with Gasteiger partial charge in [0, 0.05) is 30.3 Å². The number of ether oxygens (including phenoxy) is 1. The predicted molar refractivity (Wildman–Crippen MR) is 132 cm³/mol. The number of carbonyl (C=O) groups is 3. The van der Waals surface area contributed by atoms with E-state index in [1.165, 1.54) is 36.1 Å². The summed E-state index contributed by atoms with van der Waals surface area (Å²) in [5, 5.41) is 22.5. The number of Topliss-reactive ketones (excluding diaryl/α,β-unsaturated/α-hetero) is 1. The molecule has 1 N–H and O–H groups in total. The van der Waals surface area contributed by atoms with E-state index in [2.05, 4.69) is 0 Å². The van der Waals surface area contributed by atoms with Crippen molar-refractivity contribution in [3.8, 4) is 5.75 Å². The maximum absolute atomic E-state index is 13.3. The standard InChI is InChI=1S/C27H22N2O7/c1-15-10-16(2)12-21(11-15)28-24(18-6-5-9-22(14-18)36-17(3)30)23(26(32)27(28)33)25(31)19-7-4-8-20(13-19)29(34)35/h4-14,24,31H,1-3H3/b25-23-. The van der Waals surface area contributed by atoms with Crippen molar-refractivity contribution < 1.29 is 29.2 Å². The summed E-state index contributed by atoms with van der Waals surface area (Å²) in [7, 11) is 0. The van der Waals surface area contributed by atoms with E-state index in [4.69, 9.17) is 4.74 Å². The van der Waals surface area contributed by atoms with E-state index in [0.717, 1.165) is 17.2 Å². The number of benzene rings is 3. The highest BCUT2D eigenvalue weighted by Gasteiger charge is 2.47. The Kier molecular flexibility index (Phi) is 6.39. The number of nitrogens with zero attached hydrogens (tertiary/aromatic N) is 2. The second-order valence-corrected chi connectivity index (χ2v) is 8.49. The second-order valence-electron chi connectivity index (χ2n) is 8.49. The monoisotopic (exact) mass is 486 g/mol. The molecular weight excluding hydrogens is 464 g/mol. The Morgan fingerprint density at radius 3 is 2.31 bits per heavy atom. The van der Waals surface area contributed by atoms with Gasteiger partial charge in [-0.25, -0.2) is 0 Å². The van der Waals surface area contributed by atoms with Gasteiger partial charge in [-0.05, 0) is 54.8 Å². The highest BCUT2D eigenvalue weighted by atomic mass is 16.6. The summed E-state index contributed by atoms with van der Waals surface area (Å²) in [6.07, 6.45) is 0. The van der Waals surface area contributed by atoms with Gasteiger partial charge in [-0.15, -0.1) is 0 Å². The van der Waals surface area contributed by atoms with Gasteiger partial charge in [0.25, 0.3) is 17.4 Å². The molecule has 1 saturated heterocycles. The number of amides is 1. The molecule has 0 bridgehead atoms. The van der Waals surface area contributed by atoms with Crippen molar-refractivity contribution >= 4 is 34.8 Å². The van der Waals surface area contributed by atoms with Crippen molar-refractivity contribution in [2.75, 3.05) is 4.90 Å². The zero-order valence-corrected chi connectivity index (χ0v) is 19.7. The number of aryl methyl sites for hydroxylation is 2. The summed E-state index contributed by atoms with van der Waals surface area (Å²) in [4.78, 5) is 50.1. The Balaban J connectivity index is 1.97. The van der Waals surface area contributed by atoms with Gasteiger partial charge < -0.3 is 9.84 Å². The molecule has 1 fully saturated rings. The van der Waals surface area contributed by atoms with Gasteiger partial charge in [-0.3, -0.25) is 29.4 Å². The van der Waals surface area contributed by atoms with Crippen LogP contribution in [0.15, 0.2) is 72.3 Å². The lowest BCUT2D eigenvalue weighted by Gasteiger charge is -2.26. The molecule has 1 amide bonds. The number of nitro benzene ring substituents is 1. The van der Waals surface area contributed by atoms with Crippen LogP contribution in [0.1, 0.15) is 35.2 Å². The molecule has 3 aromatic carbocycles. The molecule has 182 valence electrons. The van der Waals surface area contributed by atoms with Crippen LogP contribution in [0.4, 0.5) is 11.4 Å². The molecule has 1 aliphatic heterocycles. The zero-order valence-electron chi connectivity index (χ0n) is 19.7. The molecule has 1 aliphatic rings. The molecule has 0 aromatic heterocycles. The quantitative estimate of drug-likeness (QED) is 0.105. The molecule has 1 atom stereocenters. The first-order valence-electron chi connectivity index (χ1n) is 11.0. The maximum Gasteiger partial charge on any atom is 0.308 e. The normalized spacial score (nSPS) is 16.8. The zero-order chi connectivity index (χ0) is 26.1. The van der Waals surface area contributed by atoms with Crippen LogP contribution in [-0.2, 0) is 14.4 Å². The second kappa shape index (κ2) is 9.46. The summed E-state index contributed by atoms with van der Waals surface area (Å²) < 4.78 is 5.19. The minimum absolute atomic E-state index is 0.0174. The van der Waals surface area contributed by atoms with Gasteiger partial charge in [0.2, 0.25) is 0 Å². The van der Waals surface area contributed by atoms with Gasteiger partial charge in [0.15, 0.2) is 0 Å². The fourth-order valence-electron chi connectivity index (χ4n) is 4.34. The number of hydrogen-bond acceptors (Lipinski definition) is 7. The van der Waals surface area contributed by atoms with E-state index in [1.807, 2.05) is 19.9 Å². The molecule has 0 radical (unpaired) electrons. The molecule has 9 nitrogen and oxygen atoms in total. The first-order chi connectivity index (χ1) is 17.1. The molecule has 0 saturated carbocycles. The molecule has 1 unspecified atom stereocenters. The van der Waals surface area contributed by atoms with Crippen LogP contribution in [0, 0.1) is 24.0 Å². The van der Waals surface area contributed by atoms with Gasteiger partial charge in [0.1, 0.15) is 11.5 Å². The van der Waals surface area contributed by atoms with E-state index in [9.17, 15) is 29.6 Å². The third-order valence-corrected chi connectivity index (χ3v) is 5.69. The van der Waals surface area contributed by atoms with Crippen LogP contribution in [0.3, 0.4) is 0 Å². The predicted octanol–water partition coefficient (Wildman–Crippen LogP) is 4.76. The number of non-ortho nitro benzene ring substituents is 1. The molecule has 0 spiro atoms. The third kappa shape index (κ3) is 4.58. The molecule has 0 aliphatic carbocycles. The SMILES string of the molecule is CC(=O)Oc1cccc(C2/C(=C(/O)c3cccc([N+](=O)[O-])c3)C(=O)C(=O)N2c2cc(C)cc(C)c2)c1. The van der Waals surface area contributed by atoms with E-state index in [0.29, 0.717) is 11.3 Å². The van der Waals surface area contributed by atoms with Gasteiger partial charge in [-0.1, -0.05) is 30.3 Å². The number of carbonyl (C=O) groups excluding carboxylic acids is 3. The average molecular weight is 486 g/mol. The number of esters is 1. The van der Waals surface area contributed by atoms with Crippen LogP contribution >= 0.6 is 0 Å². The summed E-state index contributed by atoms with van der Waals surface area (Å²) in [6.45, 7) is 4.95. The van der Waals surface area contributed by atoms with Crippen LogP contribution < -0.4 is 9.64 Å². The van der Waals surface area contributed by atoms with Crippen molar-refractivity contribution in [1.29, 1.82) is 0 Å². The van der Waals surface area contributed by atoms with Crippen LogP contribution in [0.25, 0.3) is 5.76 Å². The summed E-state index contributed by atoms with van der Waals surface area (Å²) >= 11 is 0. The van der Waals surface area contributed by atoms with E-state index in [1.54, 1.807) is 30.3 Å². The van der Waals surface area contributed by atoms with Gasteiger partial charge in [0.05, 0.1) is 16.5 Å². The molecule has 36 heavy (non-hydrogen) atoms. The Morgan fingerprint density at radius 2 is 1.67 bits per heavy atom. The van der Waals surface area contributed by atoms with Crippen molar-refractivity contribution in [2.45, 2.75) is 26.8 Å². The molecule has 9 heteroatoms. The molecular formula is C27H22N2O7. The number of rotatable bonds is 5. The lowest BCUT2D eigenvalue weighted by Crippen LogP contribution is -2.29. The Hall–Kier alpha value is -4.79. The average Bonchev–Trinajstić information content (AvgIpc) is 3.08. The Labute approximate surface area is 206 Å². The number of aliphatic hydroxyl groups excluding tert-OH is 1. The minimum atomic E-state index is -1.08. The first-order valence-corrected chi connectivity index (χ1v) is 11.0. The van der Waals surface area contributed by atoms with Gasteiger partial charge >= 0.3 is 5.97 Å². The highest BCUT2D eigenvalue weighted by Crippen LogP contribution is 2.43. The number of ketones is 1. The van der Waals surface area contributed by atoms with Gasteiger partial charge in [-0.2, -0.15) is 0 Å². The largest absolute Gasteiger partial charge is 0.507 e. The topological polar surface area (TPSA) is 127 Å². The van der Waals surface area contributed by atoms with Crippen LogP contribution in [0.5, 0.6) is 5.75 Å². The summed E-state index contributed by atoms with van der Waals surface area (Å²) in [6, 6.07) is 15.8. The molecule has 3 aromatic rings. The smallest absolute Gasteiger partial charge is 0.308 e. The van der Waals surface area contributed by atoms with E-state index >= 15 is 0 Å². The van der Waals surface area contributed by atoms with Crippen LogP contribution in [0.2, 0.25) is 0 Å². The number of hydrogen-bond donors (Lipinski definition) is 1. The molecule has 4 rings (SSSR count). The van der Waals surface area contributed by atoms with Crippen molar-refractivity contribution in [3.63, 3.8) is 0 Å². The summed E-state index contributed by atoms with van der Waals surface area (Å²) in [5.74, 6) is -2.71. The first kappa shape index (κ1) is 24.3. The lowest BCUT2D eigenvalue weighted by atomic mass is 9.94. The van der Waals surface area contributed by atoms with Crippen LogP contribution in [-0.4, -0.2) is 27.7 Å². The van der Waals surface area contributed by atoms with E-state index in [-0.39, 0.29) is 22.6 Å². The summed E-state index contributed by atoms with van der Waals surface area (Å²) in [5.41, 5.74) is 2.06. The fourth-order valence-corrected chi connectivity index (χ4v) is 4.34. The molecule has 1 heterocycles. The third-order valence-electron chi connectivity index (χ3n) is 5.69. The number of anilines is 1. The highest BCUT2D eigenvalue weighted by molar-refractivity contribution is 6.51. The minimum Gasteiger partial charge on any atom is -0.507 e. The van der Waals surface area contributed by atoms with Crippen molar-refractivity contribution in [1.82, 2.24) is 0 Å². The lowest BCUT2D eigenvalue weighted by molar-refractivity contribution is -0.384. The Bertz CT molecular complexity index is 1440. The number of nitro groups is 1. The van der Waals surface area contributed by atoms with E-state index < -0.39 is 34.4 Å². The fraction of sp³-hybridized carbons (Fsp3) is 0.148.